The van der Waals surface area contributed by atoms with E-state index in [0.29, 0.717) is 0 Å². The van der Waals surface area contributed by atoms with Crippen LogP contribution in [0.3, 0.4) is 0 Å². The fourth-order valence-corrected chi connectivity index (χ4v) is 3.71. The standard InChI is InChI=1S/C27H41NO/c1-4-6-8-10-11-13-15-26-19-16-25(22-28-26)24-17-20-27(21-18-24)29-23(3)14-12-9-7-5-2/h16-23H,4-15H2,1-3H3. The molecule has 0 spiro atoms. The smallest absolute Gasteiger partial charge is 0.119 e. The van der Waals surface area contributed by atoms with Crippen molar-refractivity contribution in [1.82, 2.24) is 4.98 Å². The van der Waals surface area contributed by atoms with E-state index >= 15 is 0 Å². The van der Waals surface area contributed by atoms with E-state index in [2.05, 4.69) is 62.2 Å². The van der Waals surface area contributed by atoms with E-state index in [-0.39, 0.29) is 6.10 Å². The number of benzene rings is 1. The highest BCUT2D eigenvalue weighted by Crippen LogP contribution is 2.23. The Morgan fingerprint density at radius 3 is 2.00 bits per heavy atom. The van der Waals surface area contributed by atoms with E-state index in [0.717, 1.165) is 18.6 Å². The highest BCUT2D eigenvalue weighted by Gasteiger charge is 2.05. The number of hydrogen-bond donors (Lipinski definition) is 0. The Labute approximate surface area is 179 Å². The lowest BCUT2D eigenvalue weighted by Gasteiger charge is -2.15. The van der Waals surface area contributed by atoms with Crippen molar-refractivity contribution in [2.24, 2.45) is 0 Å². The maximum absolute atomic E-state index is 6.07. The molecule has 1 aromatic heterocycles. The second-order valence-corrected chi connectivity index (χ2v) is 8.36. The second kappa shape index (κ2) is 14.2. The Morgan fingerprint density at radius 1 is 0.724 bits per heavy atom. The number of aryl methyl sites for hydroxylation is 1. The fraction of sp³-hybridized carbons (Fsp3) is 0.593. The summed E-state index contributed by atoms with van der Waals surface area (Å²) >= 11 is 0. The summed E-state index contributed by atoms with van der Waals surface area (Å²) < 4.78 is 6.07. The van der Waals surface area contributed by atoms with Crippen molar-refractivity contribution in [3.8, 4) is 16.9 Å². The van der Waals surface area contributed by atoms with Gasteiger partial charge in [0.25, 0.3) is 0 Å². The summed E-state index contributed by atoms with van der Waals surface area (Å²) in [6.07, 6.45) is 17.7. The maximum atomic E-state index is 6.07. The van der Waals surface area contributed by atoms with E-state index in [4.69, 9.17) is 4.74 Å². The van der Waals surface area contributed by atoms with Crippen LogP contribution in [0.25, 0.3) is 11.1 Å². The zero-order chi connectivity index (χ0) is 20.7. The van der Waals surface area contributed by atoms with Crippen LogP contribution in [-0.4, -0.2) is 11.1 Å². The molecule has 0 fully saturated rings. The molecule has 1 aromatic carbocycles. The first-order valence-corrected chi connectivity index (χ1v) is 11.9. The zero-order valence-corrected chi connectivity index (χ0v) is 19.0. The van der Waals surface area contributed by atoms with Crippen molar-refractivity contribution >= 4 is 0 Å². The van der Waals surface area contributed by atoms with Gasteiger partial charge >= 0.3 is 0 Å². The molecule has 0 aliphatic carbocycles. The highest BCUT2D eigenvalue weighted by molar-refractivity contribution is 5.63. The Morgan fingerprint density at radius 2 is 1.34 bits per heavy atom. The average molecular weight is 396 g/mol. The SMILES string of the molecule is CCCCCCCCc1ccc(-c2ccc(OC(C)CCCCCC)cc2)cn1. The molecule has 0 aliphatic rings. The number of nitrogens with zero attached hydrogens (tertiary/aromatic N) is 1. The molecule has 0 saturated heterocycles. The number of aromatic nitrogens is 1. The van der Waals surface area contributed by atoms with Crippen molar-refractivity contribution in [2.75, 3.05) is 0 Å². The molecule has 2 heteroatoms. The average Bonchev–Trinajstić information content (AvgIpc) is 2.75. The molecular weight excluding hydrogens is 354 g/mol. The van der Waals surface area contributed by atoms with E-state index < -0.39 is 0 Å². The molecule has 1 atom stereocenters. The normalized spacial score (nSPS) is 12.1. The van der Waals surface area contributed by atoms with Crippen LogP contribution in [0.2, 0.25) is 0 Å². The molecule has 0 N–H and O–H groups in total. The van der Waals surface area contributed by atoms with Crippen LogP contribution in [0, 0.1) is 0 Å². The van der Waals surface area contributed by atoms with Crippen LogP contribution in [-0.2, 0) is 6.42 Å². The Balaban J connectivity index is 1.76. The zero-order valence-electron chi connectivity index (χ0n) is 19.0. The van der Waals surface area contributed by atoms with Crippen molar-refractivity contribution in [3.05, 3.63) is 48.3 Å². The first-order valence-electron chi connectivity index (χ1n) is 11.9. The molecule has 160 valence electrons. The van der Waals surface area contributed by atoms with Crippen molar-refractivity contribution in [3.63, 3.8) is 0 Å². The first kappa shape index (κ1) is 23.4. The van der Waals surface area contributed by atoms with Crippen LogP contribution in [0.1, 0.15) is 97.1 Å². The maximum Gasteiger partial charge on any atom is 0.119 e. The van der Waals surface area contributed by atoms with Gasteiger partial charge in [0.15, 0.2) is 0 Å². The van der Waals surface area contributed by atoms with E-state index in [1.807, 2.05) is 6.20 Å². The third-order valence-corrected chi connectivity index (χ3v) is 5.60. The largest absolute Gasteiger partial charge is 0.491 e. The number of hydrogen-bond acceptors (Lipinski definition) is 2. The lowest BCUT2D eigenvalue weighted by atomic mass is 10.1. The van der Waals surface area contributed by atoms with Gasteiger partial charge in [0, 0.05) is 17.5 Å². The van der Waals surface area contributed by atoms with Gasteiger partial charge in [0.2, 0.25) is 0 Å². The van der Waals surface area contributed by atoms with Crippen molar-refractivity contribution in [1.29, 1.82) is 0 Å². The Bertz CT molecular complexity index is 647. The quantitative estimate of drug-likeness (QED) is 0.282. The minimum Gasteiger partial charge on any atom is -0.491 e. The molecule has 0 aliphatic heterocycles. The predicted octanol–water partition coefficient (Wildman–Crippen LogP) is 8.39. The lowest BCUT2D eigenvalue weighted by Crippen LogP contribution is -2.11. The Kier molecular flexibility index (Phi) is 11.5. The van der Waals surface area contributed by atoms with Gasteiger partial charge in [-0.05, 0) is 56.4 Å². The summed E-state index contributed by atoms with van der Waals surface area (Å²) in [5.41, 5.74) is 3.59. The van der Waals surface area contributed by atoms with Gasteiger partial charge in [0.05, 0.1) is 6.10 Å². The van der Waals surface area contributed by atoms with Gasteiger partial charge in [-0.3, -0.25) is 4.98 Å². The van der Waals surface area contributed by atoms with Gasteiger partial charge < -0.3 is 4.74 Å². The topological polar surface area (TPSA) is 22.1 Å². The fourth-order valence-electron chi connectivity index (χ4n) is 3.71. The summed E-state index contributed by atoms with van der Waals surface area (Å²) in [7, 11) is 0. The summed E-state index contributed by atoms with van der Waals surface area (Å²) in [6, 6.07) is 12.8. The van der Waals surface area contributed by atoms with Gasteiger partial charge in [-0.1, -0.05) is 83.4 Å². The Hall–Kier alpha value is -1.83. The van der Waals surface area contributed by atoms with Crippen molar-refractivity contribution in [2.45, 2.75) is 104 Å². The van der Waals surface area contributed by atoms with Gasteiger partial charge in [-0.25, -0.2) is 0 Å². The predicted molar refractivity (Wildman–Crippen MR) is 126 cm³/mol. The summed E-state index contributed by atoms with van der Waals surface area (Å²) in [5.74, 6) is 0.962. The van der Waals surface area contributed by atoms with Crippen LogP contribution in [0.15, 0.2) is 42.6 Å². The molecule has 29 heavy (non-hydrogen) atoms. The van der Waals surface area contributed by atoms with Gasteiger partial charge in [0.1, 0.15) is 5.75 Å². The summed E-state index contributed by atoms with van der Waals surface area (Å²) in [6.45, 7) is 6.69. The van der Waals surface area contributed by atoms with Gasteiger partial charge in [-0.2, -0.15) is 0 Å². The van der Waals surface area contributed by atoms with Crippen LogP contribution in [0.4, 0.5) is 0 Å². The molecular formula is C27H41NO. The molecule has 0 saturated carbocycles. The van der Waals surface area contributed by atoms with Crippen LogP contribution >= 0.6 is 0 Å². The third-order valence-electron chi connectivity index (χ3n) is 5.60. The summed E-state index contributed by atoms with van der Waals surface area (Å²) in [5, 5.41) is 0. The number of pyridine rings is 1. The minimum absolute atomic E-state index is 0.278. The summed E-state index contributed by atoms with van der Waals surface area (Å²) in [4.78, 5) is 4.68. The van der Waals surface area contributed by atoms with Gasteiger partial charge in [-0.15, -0.1) is 0 Å². The first-order chi connectivity index (χ1) is 14.2. The lowest BCUT2D eigenvalue weighted by molar-refractivity contribution is 0.206. The van der Waals surface area contributed by atoms with E-state index in [1.54, 1.807) is 0 Å². The van der Waals surface area contributed by atoms with E-state index in [9.17, 15) is 0 Å². The molecule has 1 unspecified atom stereocenters. The monoisotopic (exact) mass is 395 g/mol. The second-order valence-electron chi connectivity index (χ2n) is 8.36. The number of unbranched alkanes of at least 4 members (excludes halogenated alkanes) is 8. The van der Waals surface area contributed by atoms with Crippen LogP contribution < -0.4 is 4.74 Å². The molecule has 0 radical (unpaired) electrons. The minimum atomic E-state index is 0.278. The molecule has 0 amide bonds. The third kappa shape index (κ3) is 9.47. The molecule has 1 heterocycles. The van der Waals surface area contributed by atoms with Crippen LogP contribution in [0.5, 0.6) is 5.75 Å². The van der Waals surface area contributed by atoms with Crippen molar-refractivity contribution < 1.29 is 4.74 Å². The number of rotatable bonds is 15. The molecule has 0 bridgehead atoms. The number of ether oxygens (including phenoxy) is 1. The molecule has 2 aromatic rings. The van der Waals surface area contributed by atoms with E-state index in [1.165, 1.54) is 81.0 Å². The highest BCUT2D eigenvalue weighted by atomic mass is 16.5. The molecule has 2 rings (SSSR count). The molecule has 2 nitrogen and oxygen atoms in total.